The van der Waals surface area contributed by atoms with E-state index in [0.29, 0.717) is 5.02 Å². The Hall–Kier alpha value is -1.65. The minimum absolute atomic E-state index is 0.0143. The molecule has 0 radical (unpaired) electrons. The van der Waals surface area contributed by atoms with Crippen molar-refractivity contribution in [1.29, 1.82) is 0 Å². The molecule has 3 nitrogen and oxygen atoms in total. The van der Waals surface area contributed by atoms with Crippen LogP contribution in [0.5, 0.6) is 0 Å². The molecule has 2 rings (SSSR count). The van der Waals surface area contributed by atoms with Gasteiger partial charge in [-0.3, -0.25) is 4.79 Å². The standard InChI is InChI=1S/C12H7Cl2FN2O/c13-8-1-2-9(15)10(6-8)17-12(18)7-3-4-16-11(14)5-7/h1-6H,(H,17,18). The lowest BCUT2D eigenvalue weighted by molar-refractivity contribution is 0.102. The van der Waals surface area contributed by atoms with Crippen molar-refractivity contribution in [2.24, 2.45) is 0 Å². The molecule has 1 heterocycles. The maximum Gasteiger partial charge on any atom is 0.255 e. The second-order valence-electron chi connectivity index (χ2n) is 3.45. The van der Waals surface area contributed by atoms with Crippen LogP contribution in [0, 0.1) is 5.82 Å². The molecular weight excluding hydrogens is 278 g/mol. The second-order valence-corrected chi connectivity index (χ2v) is 4.27. The fourth-order valence-electron chi connectivity index (χ4n) is 1.33. The third-order valence-electron chi connectivity index (χ3n) is 2.17. The molecule has 0 unspecified atom stereocenters. The smallest absolute Gasteiger partial charge is 0.255 e. The predicted octanol–water partition coefficient (Wildman–Crippen LogP) is 3.78. The van der Waals surface area contributed by atoms with E-state index in [0.717, 1.165) is 0 Å². The SMILES string of the molecule is O=C(Nc1cc(Cl)ccc1F)c1ccnc(Cl)c1. The van der Waals surface area contributed by atoms with Gasteiger partial charge in [-0.25, -0.2) is 9.37 Å². The van der Waals surface area contributed by atoms with E-state index in [1.807, 2.05) is 0 Å². The van der Waals surface area contributed by atoms with Gasteiger partial charge >= 0.3 is 0 Å². The monoisotopic (exact) mass is 284 g/mol. The lowest BCUT2D eigenvalue weighted by Crippen LogP contribution is -2.13. The maximum absolute atomic E-state index is 13.4. The number of carbonyl (C=O) groups is 1. The van der Waals surface area contributed by atoms with E-state index in [9.17, 15) is 9.18 Å². The molecule has 1 amide bonds. The van der Waals surface area contributed by atoms with E-state index < -0.39 is 11.7 Å². The number of pyridine rings is 1. The Labute approximate surface area is 113 Å². The van der Waals surface area contributed by atoms with Crippen LogP contribution in [0.2, 0.25) is 10.2 Å². The zero-order valence-corrected chi connectivity index (χ0v) is 10.5. The quantitative estimate of drug-likeness (QED) is 0.853. The van der Waals surface area contributed by atoms with Crippen molar-refractivity contribution in [2.45, 2.75) is 0 Å². The summed E-state index contributed by atoms with van der Waals surface area (Å²) in [5.41, 5.74) is 0.301. The maximum atomic E-state index is 13.4. The molecule has 2 aromatic rings. The minimum atomic E-state index is -0.562. The first-order valence-electron chi connectivity index (χ1n) is 4.94. The van der Waals surface area contributed by atoms with Crippen LogP contribution in [0.1, 0.15) is 10.4 Å². The molecule has 0 saturated heterocycles. The Kier molecular flexibility index (Phi) is 3.79. The van der Waals surface area contributed by atoms with Gasteiger partial charge in [0, 0.05) is 16.8 Å². The number of hydrogen-bond acceptors (Lipinski definition) is 2. The number of benzene rings is 1. The number of anilines is 1. The molecule has 0 spiro atoms. The summed E-state index contributed by atoms with van der Waals surface area (Å²) < 4.78 is 13.4. The lowest BCUT2D eigenvalue weighted by Gasteiger charge is -2.06. The van der Waals surface area contributed by atoms with Crippen molar-refractivity contribution >= 4 is 34.8 Å². The van der Waals surface area contributed by atoms with Gasteiger partial charge in [-0.1, -0.05) is 23.2 Å². The van der Waals surface area contributed by atoms with Crippen LogP contribution in [-0.2, 0) is 0 Å². The molecule has 0 saturated carbocycles. The fraction of sp³-hybridized carbons (Fsp3) is 0. The highest BCUT2D eigenvalue weighted by atomic mass is 35.5. The molecule has 0 bridgehead atoms. The van der Waals surface area contributed by atoms with Gasteiger partial charge in [-0.2, -0.15) is 0 Å². The van der Waals surface area contributed by atoms with E-state index in [2.05, 4.69) is 10.3 Å². The Bertz CT molecular complexity index is 604. The minimum Gasteiger partial charge on any atom is -0.319 e. The molecular formula is C12H7Cl2FN2O. The number of hydrogen-bond donors (Lipinski definition) is 1. The van der Waals surface area contributed by atoms with Gasteiger partial charge in [0.15, 0.2) is 0 Å². The van der Waals surface area contributed by atoms with Crippen molar-refractivity contribution in [1.82, 2.24) is 4.98 Å². The van der Waals surface area contributed by atoms with Crippen molar-refractivity contribution in [3.05, 3.63) is 58.1 Å². The van der Waals surface area contributed by atoms with Crippen LogP contribution in [0.3, 0.4) is 0 Å². The summed E-state index contributed by atoms with van der Waals surface area (Å²) in [6.07, 6.45) is 1.39. The van der Waals surface area contributed by atoms with Crippen LogP contribution in [0.15, 0.2) is 36.5 Å². The molecule has 92 valence electrons. The van der Waals surface area contributed by atoms with Crippen LogP contribution < -0.4 is 5.32 Å². The van der Waals surface area contributed by atoms with Crippen molar-refractivity contribution in [2.75, 3.05) is 5.32 Å². The highest BCUT2D eigenvalue weighted by Crippen LogP contribution is 2.20. The van der Waals surface area contributed by atoms with Gasteiger partial charge in [-0.15, -0.1) is 0 Å². The highest BCUT2D eigenvalue weighted by Gasteiger charge is 2.10. The number of nitrogens with one attached hydrogen (secondary N) is 1. The van der Waals surface area contributed by atoms with Crippen LogP contribution in [0.25, 0.3) is 0 Å². The summed E-state index contributed by atoms with van der Waals surface area (Å²) in [4.78, 5) is 15.6. The van der Waals surface area contributed by atoms with Crippen molar-refractivity contribution in [3.8, 4) is 0 Å². The van der Waals surface area contributed by atoms with Crippen molar-refractivity contribution in [3.63, 3.8) is 0 Å². The number of rotatable bonds is 2. The summed E-state index contributed by atoms with van der Waals surface area (Å²) in [7, 11) is 0. The van der Waals surface area contributed by atoms with Gasteiger partial charge < -0.3 is 5.32 Å². The summed E-state index contributed by atoms with van der Waals surface area (Å²) in [5.74, 6) is -1.05. The lowest BCUT2D eigenvalue weighted by atomic mass is 10.2. The van der Waals surface area contributed by atoms with Crippen LogP contribution in [-0.4, -0.2) is 10.9 Å². The van der Waals surface area contributed by atoms with Crippen LogP contribution >= 0.6 is 23.2 Å². The average Bonchev–Trinajstić information content (AvgIpc) is 2.34. The first-order chi connectivity index (χ1) is 8.56. The number of aromatic nitrogens is 1. The second kappa shape index (κ2) is 5.33. The van der Waals surface area contributed by atoms with Gasteiger partial charge in [-0.05, 0) is 30.3 Å². The number of amides is 1. The zero-order chi connectivity index (χ0) is 13.1. The number of carbonyl (C=O) groups excluding carboxylic acids is 1. The van der Waals surface area contributed by atoms with Gasteiger partial charge in [0.1, 0.15) is 11.0 Å². The van der Waals surface area contributed by atoms with Gasteiger partial charge in [0.25, 0.3) is 5.91 Å². The molecule has 18 heavy (non-hydrogen) atoms. The Morgan fingerprint density at radius 2 is 2.00 bits per heavy atom. The summed E-state index contributed by atoms with van der Waals surface area (Å²) in [6, 6.07) is 6.77. The molecule has 6 heteroatoms. The molecule has 1 aromatic heterocycles. The summed E-state index contributed by atoms with van der Waals surface area (Å²) >= 11 is 11.4. The molecule has 0 fully saturated rings. The zero-order valence-electron chi connectivity index (χ0n) is 8.95. The van der Waals surface area contributed by atoms with Crippen LogP contribution in [0.4, 0.5) is 10.1 Å². The number of nitrogens with zero attached hydrogens (tertiary/aromatic N) is 1. The molecule has 0 atom stereocenters. The molecule has 1 aromatic carbocycles. The first kappa shape index (κ1) is 12.8. The summed E-state index contributed by atoms with van der Waals surface area (Å²) in [5, 5.41) is 2.93. The predicted molar refractivity (Wildman–Crippen MR) is 68.6 cm³/mol. The van der Waals surface area contributed by atoms with E-state index in [1.54, 1.807) is 0 Å². The van der Waals surface area contributed by atoms with E-state index in [4.69, 9.17) is 23.2 Å². The molecule has 1 N–H and O–H groups in total. The topological polar surface area (TPSA) is 42.0 Å². The normalized spacial score (nSPS) is 10.2. The molecule has 0 aliphatic heterocycles. The van der Waals surface area contributed by atoms with Gasteiger partial charge in [0.2, 0.25) is 0 Å². The Morgan fingerprint density at radius 1 is 1.22 bits per heavy atom. The van der Waals surface area contributed by atoms with Gasteiger partial charge in [0.05, 0.1) is 5.69 Å². The first-order valence-corrected chi connectivity index (χ1v) is 5.70. The molecule has 0 aliphatic rings. The molecule has 0 aliphatic carbocycles. The summed E-state index contributed by atoms with van der Waals surface area (Å²) in [6.45, 7) is 0. The third kappa shape index (κ3) is 2.97. The third-order valence-corrected chi connectivity index (χ3v) is 2.61. The van der Waals surface area contributed by atoms with E-state index in [1.165, 1.54) is 36.5 Å². The van der Waals surface area contributed by atoms with Crippen molar-refractivity contribution < 1.29 is 9.18 Å². The Balaban J connectivity index is 2.24. The average molecular weight is 285 g/mol. The van der Waals surface area contributed by atoms with E-state index in [-0.39, 0.29) is 16.4 Å². The van der Waals surface area contributed by atoms with E-state index >= 15 is 0 Å². The highest BCUT2D eigenvalue weighted by molar-refractivity contribution is 6.31. The largest absolute Gasteiger partial charge is 0.319 e. The fourth-order valence-corrected chi connectivity index (χ4v) is 1.68. The Morgan fingerprint density at radius 3 is 2.72 bits per heavy atom. The number of halogens is 3.